The van der Waals surface area contributed by atoms with E-state index < -0.39 is 5.97 Å². The first-order valence-electron chi connectivity index (χ1n) is 5.79. The van der Waals surface area contributed by atoms with Crippen molar-refractivity contribution in [2.75, 3.05) is 13.7 Å². The molecule has 0 aromatic carbocycles. The Kier molecular flexibility index (Phi) is 3.63. The Morgan fingerprint density at radius 3 is 3.12 bits per heavy atom. The second kappa shape index (κ2) is 5.18. The van der Waals surface area contributed by atoms with E-state index in [9.17, 15) is 4.79 Å². The molecule has 1 aliphatic rings. The smallest absolute Gasteiger partial charge is 0.358 e. The number of nitrogens with one attached hydrogen (secondary N) is 1. The van der Waals surface area contributed by atoms with Crippen LogP contribution in [0.2, 0.25) is 0 Å². The summed E-state index contributed by atoms with van der Waals surface area (Å²) in [5.74, 6) is -0.691. The number of aromatic carboxylic acids is 1. The lowest BCUT2D eigenvalue weighted by Crippen LogP contribution is -2.38. The molecule has 6 nitrogen and oxygen atoms in total. The van der Waals surface area contributed by atoms with E-state index in [2.05, 4.69) is 10.4 Å². The van der Waals surface area contributed by atoms with Crippen molar-refractivity contribution in [1.82, 2.24) is 15.1 Å². The Balaban J connectivity index is 2.14. The lowest BCUT2D eigenvalue weighted by atomic mass is 10.1. The Bertz CT molecular complexity index is 397. The summed E-state index contributed by atoms with van der Waals surface area (Å²) in [6.07, 6.45) is 4.87. The van der Waals surface area contributed by atoms with Gasteiger partial charge in [-0.3, -0.25) is 4.68 Å². The maximum Gasteiger partial charge on any atom is 0.358 e. The van der Waals surface area contributed by atoms with Gasteiger partial charge in [-0.15, -0.1) is 0 Å². The van der Waals surface area contributed by atoms with Gasteiger partial charge in [0, 0.05) is 6.04 Å². The van der Waals surface area contributed by atoms with Crippen LogP contribution in [-0.2, 0) is 6.54 Å². The molecule has 0 bridgehead atoms. The topological polar surface area (TPSA) is 76.4 Å². The van der Waals surface area contributed by atoms with Crippen molar-refractivity contribution in [2.45, 2.75) is 31.8 Å². The van der Waals surface area contributed by atoms with E-state index in [4.69, 9.17) is 9.84 Å². The number of aromatic nitrogens is 2. The number of carbonyl (C=O) groups is 1. The summed E-state index contributed by atoms with van der Waals surface area (Å²) >= 11 is 0. The first kappa shape index (κ1) is 11.9. The fourth-order valence-corrected chi connectivity index (χ4v) is 2.16. The number of rotatable bonds is 4. The normalized spacial score (nSPS) is 20.2. The van der Waals surface area contributed by atoms with Gasteiger partial charge in [-0.05, 0) is 19.4 Å². The van der Waals surface area contributed by atoms with Gasteiger partial charge in [-0.25, -0.2) is 4.79 Å². The monoisotopic (exact) mass is 239 g/mol. The molecule has 0 spiro atoms. The highest BCUT2D eigenvalue weighted by molar-refractivity contribution is 5.88. The summed E-state index contributed by atoms with van der Waals surface area (Å²) in [5.41, 5.74) is 0.125. The molecule has 1 aliphatic heterocycles. The van der Waals surface area contributed by atoms with Crippen molar-refractivity contribution in [1.29, 1.82) is 0 Å². The molecule has 2 rings (SSSR count). The summed E-state index contributed by atoms with van der Waals surface area (Å²) in [7, 11) is 1.45. The Morgan fingerprint density at radius 2 is 2.53 bits per heavy atom. The largest absolute Gasteiger partial charge is 0.493 e. The van der Waals surface area contributed by atoms with Crippen molar-refractivity contribution < 1.29 is 14.6 Å². The highest BCUT2D eigenvalue weighted by Crippen LogP contribution is 2.19. The third-order valence-corrected chi connectivity index (χ3v) is 3.03. The molecule has 1 atom stereocenters. The van der Waals surface area contributed by atoms with Crippen molar-refractivity contribution in [3.8, 4) is 5.75 Å². The molecule has 2 N–H and O–H groups in total. The van der Waals surface area contributed by atoms with Crippen molar-refractivity contribution in [3.63, 3.8) is 0 Å². The van der Waals surface area contributed by atoms with Gasteiger partial charge >= 0.3 is 5.97 Å². The van der Waals surface area contributed by atoms with Crippen LogP contribution in [-0.4, -0.2) is 40.6 Å². The van der Waals surface area contributed by atoms with Crippen LogP contribution in [0.25, 0.3) is 0 Å². The first-order chi connectivity index (χ1) is 8.22. The fourth-order valence-electron chi connectivity index (χ4n) is 2.16. The summed E-state index contributed by atoms with van der Waals surface area (Å²) < 4.78 is 6.50. The lowest BCUT2D eigenvalue weighted by Gasteiger charge is -2.23. The van der Waals surface area contributed by atoms with E-state index in [-0.39, 0.29) is 5.69 Å². The van der Waals surface area contributed by atoms with Crippen LogP contribution in [0.4, 0.5) is 0 Å². The molecule has 1 unspecified atom stereocenters. The minimum absolute atomic E-state index is 0.125. The van der Waals surface area contributed by atoms with Crippen molar-refractivity contribution in [2.24, 2.45) is 0 Å². The lowest BCUT2D eigenvalue weighted by molar-refractivity contribution is 0.0678. The third-order valence-electron chi connectivity index (χ3n) is 3.03. The average Bonchev–Trinajstić information content (AvgIpc) is 2.73. The molecule has 6 heteroatoms. The molecule has 94 valence electrons. The zero-order valence-corrected chi connectivity index (χ0v) is 9.85. The predicted molar refractivity (Wildman–Crippen MR) is 61.4 cm³/mol. The Hall–Kier alpha value is -1.56. The molecule has 1 aromatic rings. The van der Waals surface area contributed by atoms with Gasteiger partial charge in [0.2, 0.25) is 0 Å². The maximum absolute atomic E-state index is 11.1. The molecule has 17 heavy (non-hydrogen) atoms. The van der Waals surface area contributed by atoms with Crippen molar-refractivity contribution in [3.05, 3.63) is 11.9 Å². The Labute approximate surface area is 99.6 Å². The second-order valence-corrected chi connectivity index (χ2v) is 4.20. The summed E-state index contributed by atoms with van der Waals surface area (Å²) in [6, 6.07) is 0.298. The number of hydrogen-bond donors (Lipinski definition) is 2. The number of carboxylic acid groups (broad SMARTS) is 1. The number of hydrogen-bond acceptors (Lipinski definition) is 4. The molecule has 0 aliphatic carbocycles. The van der Waals surface area contributed by atoms with Crippen LogP contribution in [0.3, 0.4) is 0 Å². The SMILES string of the molecule is COc1cnn(CC2CCCCN2)c1C(=O)O. The van der Waals surface area contributed by atoms with Gasteiger partial charge in [0.15, 0.2) is 11.4 Å². The van der Waals surface area contributed by atoms with E-state index in [0.29, 0.717) is 18.3 Å². The molecule has 2 heterocycles. The van der Waals surface area contributed by atoms with Gasteiger partial charge in [-0.1, -0.05) is 6.42 Å². The molecular formula is C11H17N3O3. The van der Waals surface area contributed by atoms with Gasteiger partial charge in [-0.2, -0.15) is 5.10 Å². The van der Waals surface area contributed by atoms with Crippen molar-refractivity contribution >= 4 is 5.97 Å². The van der Waals surface area contributed by atoms with Crippen LogP contribution in [0, 0.1) is 0 Å². The minimum atomic E-state index is -1.00. The van der Waals surface area contributed by atoms with Gasteiger partial charge in [0.1, 0.15) is 0 Å². The molecule has 0 amide bonds. The number of methoxy groups -OCH3 is 1. The molecule has 1 aromatic heterocycles. The van der Waals surface area contributed by atoms with Crippen LogP contribution in [0.5, 0.6) is 5.75 Å². The number of nitrogens with zero attached hydrogens (tertiary/aromatic N) is 2. The third kappa shape index (κ3) is 2.58. The summed E-state index contributed by atoms with van der Waals surface area (Å²) in [4.78, 5) is 11.1. The van der Waals surface area contributed by atoms with Gasteiger partial charge < -0.3 is 15.2 Å². The molecule has 0 radical (unpaired) electrons. The summed E-state index contributed by atoms with van der Waals surface area (Å²) in [6.45, 7) is 1.57. The average molecular weight is 239 g/mol. The standard InChI is InChI=1S/C11H17N3O3/c1-17-9-6-13-14(10(9)11(15)16)7-8-4-2-3-5-12-8/h6,8,12H,2-5,7H2,1H3,(H,15,16). The van der Waals surface area contributed by atoms with E-state index >= 15 is 0 Å². The molecular weight excluding hydrogens is 222 g/mol. The number of ether oxygens (including phenoxy) is 1. The highest BCUT2D eigenvalue weighted by atomic mass is 16.5. The Morgan fingerprint density at radius 1 is 1.71 bits per heavy atom. The van der Waals surface area contributed by atoms with E-state index in [1.165, 1.54) is 30.8 Å². The maximum atomic E-state index is 11.1. The van der Waals surface area contributed by atoms with Crippen LogP contribution in [0.15, 0.2) is 6.20 Å². The zero-order valence-electron chi connectivity index (χ0n) is 9.85. The van der Waals surface area contributed by atoms with Gasteiger partial charge in [0.25, 0.3) is 0 Å². The van der Waals surface area contributed by atoms with Crippen LogP contribution < -0.4 is 10.1 Å². The molecule has 0 saturated carbocycles. The second-order valence-electron chi connectivity index (χ2n) is 4.20. The molecule has 1 fully saturated rings. The highest BCUT2D eigenvalue weighted by Gasteiger charge is 2.21. The zero-order chi connectivity index (χ0) is 12.3. The van der Waals surface area contributed by atoms with E-state index in [1.54, 1.807) is 0 Å². The van der Waals surface area contributed by atoms with E-state index in [0.717, 1.165) is 13.0 Å². The van der Waals surface area contributed by atoms with E-state index in [1.807, 2.05) is 0 Å². The number of carboxylic acids is 1. The van der Waals surface area contributed by atoms with Gasteiger partial charge in [0.05, 0.1) is 19.9 Å². The van der Waals surface area contributed by atoms with Crippen LogP contribution >= 0.6 is 0 Å². The molecule has 1 saturated heterocycles. The fraction of sp³-hybridized carbons (Fsp3) is 0.636. The predicted octanol–water partition coefficient (Wildman–Crippen LogP) is 0.732. The van der Waals surface area contributed by atoms with Crippen LogP contribution in [0.1, 0.15) is 29.8 Å². The number of piperidine rings is 1. The minimum Gasteiger partial charge on any atom is -0.493 e. The quantitative estimate of drug-likeness (QED) is 0.810. The first-order valence-corrected chi connectivity index (χ1v) is 5.79. The summed E-state index contributed by atoms with van der Waals surface area (Å²) in [5, 5.41) is 16.6.